The predicted octanol–water partition coefficient (Wildman–Crippen LogP) is 1.60. The van der Waals surface area contributed by atoms with Crippen molar-refractivity contribution in [2.75, 3.05) is 18.0 Å². The van der Waals surface area contributed by atoms with Crippen molar-refractivity contribution >= 4 is 5.82 Å². The second-order valence-corrected chi connectivity index (χ2v) is 5.56. The lowest BCUT2D eigenvalue weighted by atomic mass is 10.1. The summed E-state index contributed by atoms with van der Waals surface area (Å²) in [6.45, 7) is 5.80. The van der Waals surface area contributed by atoms with Crippen LogP contribution in [0.2, 0.25) is 0 Å². The number of hydrogen-bond donors (Lipinski definition) is 2. The fraction of sp³-hybridized carbons (Fsp3) is 0.714. The highest BCUT2D eigenvalue weighted by molar-refractivity contribution is 5.40. The molecule has 2 rings (SSSR count). The van der Waals surface area contributed by atoms with Gasteiger partial charge in [-0.05, 0) is 32.2 Å². The minimum Gasteiger partial charge on any atom is -0.353 e. The summed E-state index contributed by atoms with van der Waals surface area (Å²) in [5.74, 6) is 1.83. The fourth-order valence-electron chi connectivity index (χ4n) is 2.67. The van der Waals surface area contributed by atoms with E-state index < -0.39 is 0 Å². The Labute approximate surface area is 114 Å². The van der Waals surface area contributed by atoms with Crippen molar-refractivity contribution in [1.29, 1.82) is 0 Å². The number of aromatic nitrogens is 2. The lowest BCUT2D eigenvalue weighted by Gasteiger charge is -2.26. The van der Waals surface area contributed by atoms with Gasteiger partial charge in [0.2, 0.25) is 0 Å². The number of hydrogen-bond acceptors (Lipinski definition) is 4. The van der Waals surface area contributed by atoms with Crippen molar-refractivity contribution in [1.82, 2.24) is 9.97 Å². The first kappa shape index (κ1) is 14.1. The minimum absolute atomic E-state index is 0.0572. The molecule has 0 spiro atoms. The average molecular weight is 264 g/mol. The van der Waals surface area contributed by atoms with Gasteiger partial charge in [0.05, 0.1) is 0 Å². The van der Waals surface area contributed by atoms with Crippen LogP contribution < -0.4 is 16.2 Å². The molecule has 106 valence electrons. The lowest BCUT2D eigenvalue weighted by Crippen LogP contribution is -2.32. The van der Waals surface area contributed by atoms with Crippen molar-refractivity contribution in [2.24, 2.45) is 5.73 Å². The molecule has 1 aliphatic heterocycles. The molecule has 0 radical (unpaired) electrons. The van der Waals surface area contributed by atoms with Gasteiger partial charge in [0.15, 0.2) is 0 Å². The highest BCUT2D eigenvalue weighted by Gasteiger charge is 2.25. The second-order valence-electron chi connectivity index (χ2n) is 5.56. The molecule has 19 heavy (non-hydrogen) atoms. The first-order valence-corrected chi connectivity index (χ1v) is 7.19. The Morgan fingerprint density at radius 2 is 2.37 bits per heavy atom. The monoisotopic (exact) mass is 264 g/mol. The molecule has 2 heterocycles. The van der Waals surface area contributed by atoms with Gasteiger partial charge < -0.3 is 15.6 Å². The van der Waals surface area contributed by atoms with Crippen molar-refractivity contribution < 1.29 is 0 Å². The normalized spacial score (nSPS) is 19.4. The minimum atomic E-state index is -0.0572. The van der Waals surface area contributed by atoms with Crippen LogP contribution in [-0.4, -0.2) is 29.1 Å². The topological polar surface area (TPSA) is 75.0 Å². The van der Waals surface area contributed by atoms with Crippen LogP contribution in [-0.2, 0) is 0 Å². The smallest absolute Gasteiger partial charge is 0.252 e. The molecule has 0 bridgehead atoms. The van der Waals surface area contributed by atoms with E-state index in [9.17, 15) is 4.79 Å². The number of aromatic amines is 1. The summed E-state index contributed by atoms with van der Waals surface area (Å²) in [4.78, 5) is 21.5. The Kier molecular flexibility index (Phi) is 4.58. The van der Waals surface area contributed by atoms with E-state index in [-0.39, 0.29) is 11.5 Å². The summed E-state index contributed by atoms with van der Waals surface area (Å²) in [7, 11) is 0. The number of nitrogens with zero attached hydrogens (tertiary/aromatic N) is 2. The first-order chi connectivity index (χ1) is 9.11. The van der Waals surface area contributed by atoms with Crippen molar-refractivity contribution in [3.8, 4) is 0 Å². The van der Waals surface area contributed by atoms with Crippen LogP contribution in [0.15, 0.2) is 10.9 Å². The van der Waals surface area contributed by atoms with Gasteiger partial charge in [0.1, 0.15) is 11.6 Å². The van der Waals surface area contributed by atoms with E-state index in [4.69, 9.17) is 5.73 Å². The number of H-pyrrole nitrogens is 1. The summed E-state index contributed by atoms with van der Waals surface area (Å²) >= 11 is 0. The molecule has 0 saturated carbocycles. The van der Waals surface area contributed by atoms with Crippen LogP contribution in [0.5, 0.6) is 0 Å². The van der Waals surface area contributed by atoms with Gasteiger partial charge in [0, 0.05) is 24.6 Å². The Bertz CT molecular complexity index is 469. The lowest BCUT2D eigenvalue weighted by molar-refractivity contribution is 0.580. The molecule has 0 aliphatic carbocycles. The third kappa shape index (κ3) is 3.35. The van der Waals surface area contributed by atoms with Crippen LogP contribution in [0.25, 0.3) is 0 Å². The van der Waals surface area contributed by atoms with E-state index in [0.29, 0.717) is 6.04 Å². The maximum atomic E-state index is 11.8. The molecule has 0 amide bonds. The highest BCUT2D eigenvalue weighted by Crippen LogP contribution is 2.26. The predicted molar refractivity (Wildman–Crippen MR) is 77.6 cm³/mol. The number of anilines is 1. The Balaban J connectivity index is 2.22. The summed E-state index contributed by atoms with van der Waals surface area (Å²) in [6, 6.07) is 2.10. The summed E-state index contributed by atoms with van der Waals surface area (Å²) in [5.41, 5.74) is 5.53. The maximum Gasteiger partial charge on any atom is 0.252 e. The zero-order valence-corrected chi connectivity index (χ0v) is 11.9. The molecule has 1 unspecified atom stereocenters. The molecule has 5 nitrogen and oxygen atoms in total. The van der Waals surface area contributed by atoms with Gasteiger partial charge in [-0.25, -0.2) is 4.98 Å². The van der Waals surface area contributed by atoms with E-state index in [2.05, 4.69) is 14.9 Å². The molecular weight excluding hydrogens is 240 g/mol. The summed E-state index contributed by atoms with van der Waals surface area (Å²) in [6.07, 6.45) is 4.45. The molecule has 1 saturated heterocycles. The largest absolute Gasteiger partial charge is 0.353 e. The molecule has 1 aromatic rings. The maximum absolute atomic E-state index is 11.8. The second kappa shape index (κ2) is 6.19. The van der Waals surface area contributed by atoms with Gasteiger partial charge in [-0.1, -0.05) is 13.8 Å². The van der Waals surface area contributed by atoms with Crippen LogP contribution in [0.1, 0.15) is 51.3 Å². The van der Waals surface area contributed by atoms with Gasteiger partial charge in [-0.15, -0.1) is 0 Å². The zero-order chi connectivity index (χ0) is 13.8. The summed E-state index contributed by atoms with van der Waals surface area (Å²) in [5, 5.41) is 0. The van der Waals surface area contributed by atoms with Gasteiger partial charge in [-0.3, -0.25) is 4.79 Å². The van der Waals surface area contributed by atoms with Crippen molar-refractivity contribution in [3.05, 3.63) is 22.2 Å². The third-order valence-electron chi connectivity index (χ3n) is 3.71. The van der Waals surface area contributed by atoms with Gasteiger partial charge in [0.25, 0.3) is 5.56 Å². The van der Waals surface area contributed by atoms with Crippen molar-refractivity contribution in [3.63, 3.8) is 0 Å². The zero-order valence-electron chi connectivity index (χ0n) is 11.9. The SMILES string of the molecule is CC(C)c1nc(N2CCCC2CCCN)cc(=O)[nH]1. The van der Waals surface area contributed by atoms with Crippen LogP contribution in [0.4, 0.5) is 5.82 Å². The summed E-state index contributed by atoms with van der Waals surface area (Å²) < 4.78 is 0. The van der Waals surface area contributed by atoms with E-state index in [1.54, 1.807) is 6.07 Å². The van der Waals surface area contributed by atoms with E-state index in [1.807, 2.05) is 13.8 Å². The van der Waals surface area contributed by atoms with E-state index in [0.717, 1.165) is 37.6 Å². The van der Waals surface area contributed by atoms with Gasteiger partial charge >= 0.3 is 0 Å². The Morgan fingerprint density at radius 1 is 1.58 bits per heavy atom. The standard InChI is InChI=1S/C14H24N4O/c1-10(2)14-16-12(9-13(19)17-14)18-8-4-6-11(18)5-3-7-15/h9-11H,3-8,15H2,1-2H3,(H,16,17,19). The Hall–Kier alpha value is -1.36. The number of rotatable bonds is 5. The number of nitrogens with one attached hydrogen (secondary N) is 1. The van der Waals surface area contributed by atoms with Crippen LogP contribution >= 0.6 is 0 Å². The Morgan fingerprint density at radius 3 is 3.05 bits per heavy atom. The first-order valence-electron chi connectivity index (χ1n) is 7.19. The van der Waals surface area contributed by atoms with Crippen molar-refractivity contribution in [2.45, 2.75) is 51.5 Å². The molecule has 1 aromatic heterocycles. The molecule has 1 atom stereocenters. The molecule has 0 aromatic carbocycles. The molecule has 1 aliphatic rings. The van der Waals surface area contributed by atoms with E-state index in [1.165, 1.54) is 12.8 Å². The molecule has 1 fully saturated rings. The number of nitrogens with two attached hydrogens (primary N) is 1. The average Bonchev–Trinajstić information content (AvgIpc) is 2.83. The highest BCUT2D eigenvalue weighted by atomic mass is 16.1. The fourth-order valence-corrected chi connectivity index (χ4v) is 2.67. The van der Waals surface area contributed by atoms with Gasteiger partial charge in [-0.2, -0.15) is 0 Å². The molecular formula is C14H24N4O. The molecule has 5 heteroatoms. The molecule has 3 N–H and O–H groups in total. The quantitative estimate of drug-likeness (QED) is 0.847. The van der Waals surface area contributed by atoms with Crippen LogP contribution in [0.3, 0.4) is 0 Å². The van der Waals surface area contributed by atoms with E-state index >= 15 is 0 Å². The van der Waals surface area contributed by atoms with Crippen LogP contribution in [0, 0.1) is 0 Å². The third-order valence-corrected chi connectivity index (χ3v) is 3.71.